The summed E-state index contributed by atoms with van der Waals surface area (Å²) in [5.41, 5.74) is 2.60. The molecule has 5 nitrogen and oxygen atoms in total. The van der Waals surface area contributed by atoms with Gasteiger partial charge in [-0.05, 0) is 23.1 Å². The van der Waals surface area contributed by atoms with Crippen molar-refractivity contribution in [2.24, 2.45) is 5.92 Å². The SMILES string of the molecule is CCC(C)C(CO)NC(=O)C(Cc1ccccc1)N1Cc2ccccc2C1=O. The van der Waals surface area contributed by atoms with Gasteiger partial charge in [0.05, 0.1) is 12.6 Å². The van der Waals surface area contributed by atoms with Gasteiger partial charge in [-0.15, -0.1) is 0 Å². The highest BCUT2D eigenvalue weighted by molar-refractivity contribution is 6.01. The van der Waals surface area contributed by atoms with Crippen molar-refractivity contribution < 1.29 is 14.7 Å². The topological polar surface area (TPSA) is 69.6 Å². The quantitative estimate of drug-likeness (QED) is 0.740. The van der Waals surface area contributed by atoms with E-state index < -0.39 is 6.04 Å². The molecule has 2 N–H and O–H groups in total. The summed E-state index contributed by atoms with van der Waals surface area (Å²) in [6, 6.07) is 16.3. The molecule has 1 heterocycles. The van der Waals surface area contributed by atoms with Crippen LogP contribution in [0.2, 0.25) is 0 Å². The molecule has 0 spiro atoms. The maximum atomic E-state index is 13.2. The highest BCUT2D eigenvalue weighted by Gasteiger charge is 2.37. The van der Waals surface area contributed by atoms with Crippen LogP contribution in [0.4, 0.5) is 0 Å². The second-order valence-corrected chi connectivity index (χ2v) is 7.48. The molecule has 0 saturated carbocycles. The third-order valence-corrected chi connectivity index (χ3v) is 5.66. The first-order chi connectivity index (χ1) is 13.5. The van der Waals surface area contributed by atoms with Crippen molar-refractivity contribution >= 4 is 11.8 Å². The van der Waals surface area contributed by atoms with Crippen LogP contribution in [0, 0.1) is 5.92 Å². The predicted octanol–water partition coefficient (Wildman–Crippen LogP) is 2.78. The molecule has 1 aliphatic heterocycles. The third kappa shape index (κ3) is 4.25. The van der Waals surface area contributed by atoms with Crippen molar-refractivity contribution in [2.75, 3.05) is 6.61 Å². The molecule has 0 aliphatic carbocycles. The Kier molecular flexibility index (Phi) is 6.47. The first-order valence-corrected chi connectivity index (χ1v) is 9.89. The minimum absolute atomic E-state index is 0.115. The molecular formula is C23H28N2O3. The average molecular weight is 380 g/mol. The highest BCUT2D eigenvalue weighted by atomic mass is 16.3. The van der Waals surface area contributed by atoms with Crippen molar-refractivity contribution in [2.45, 2.75) is 45.3 Å². The number of aliphatic hydroxyl groups excluding tert-OH is 1. The van der Waals surface area contributed by atoms with Crippen molar-refractivity contribution in [3.63, 3.8) is 0 Å². The lowest BCUT2D eigenvalue weighted by Crippen LogP contribution is -2.53. The molecule has 0 radical (unpaired) electrons. The van der Waals surface area contributed by atoms with Gasteiger partial charge in [0.2, 0.25) is 5.91 Å². The number of rotatable bonds is 8. The van der Waals surface area contributed by atoms with Crippen LogP contribution in [0.5, 0.6) is 0 Å². The van der Waals surface area contributed by atoms with Crippen LogP contribution >= 0.6 is 0 Å². The van der Waals surface area contributed by atoms with Crippen LogP contribution in [0.15, 0.2) is 54.6 Å². The molecule has 1 aliphatic rings. The van der Waals surface area contributed by atoms with E-state index in [0.717, 1.165) is 17.5 Å². The molecule has 0 bridgehead atoms. The van der Waals surface area contributed by atoms with E-state index in [2.05, 4.69) is 5.32 Å². The van der Waals surface area contributed by atoms with E-state index in [-0.39, 0.29) is 30.4 Å². The fourth-order valence-electron chi connectivity index (χ4n) is 3.64. The normalized spacial score (nSPS) is 16.4. The number of benzene rings is 2. The largest absolute Gasteiger partial charge is 0.394 e. The lowest BCUT2D eigenvalue weighted by Gasteiger charge is -2.30. The van der Waals surface area contributed by atoms with Gasteiger partial charge in [-0.2, -0.15) is 0 Å². The maximum Gasteiger partial charge on any atom is 0.255 e. The predicted molar refractivity (Wildman–Crippen MR) is 109 cm³/mol. The summed E-state index contributed by atoms with van der Waals surface area (Å²) < 4.78 is 0. The van der Waals surface area contributed by atoms with Crippen LogP contribution < -0.4 is 5.32 Å². The van der Waals surface area contributed by atoms with Gasteiger partial charge in [-0.3, -0.25) is 9.59 Å². The average Bonchev–Trinajstić information content (AvgIpc) is 3.06. The lowest BCUT2D eigenvalue weighted by atomic mass is 9.98. The van der Waals surface area contributed by atoms with Crippen LogP contribution in [-0.4, -0.2) is 40.5 Å². The van der Waals surface area contributed by atoms with E-state index in [1.54, 1.807) is 4.90 Å². The highest BCUT2D eigenvalue weighted by Crippen LogP contribution is 2.26. The number of nitrogens with one attached hydrogen (secondary N) is 1. The minimum atomic E-state index is -0.625. The summed E-state index contributed by atoms with van der Waals surface area (Å²) in [7, 11) is 0. The molecule has 2 aromatic carbocycles. The van der Waals surface area contributed by atoms with E-state index in [9.17, 15) is 14.7 Å². The maximum absolute atomic E-state index is 13.2. The van der Waals surface area contributed by atoms with Crippen molar-refractivity contribution in [3.8, 4) is 0 Å². The fraction of sp³-hybridized carbons (Fsp3) is 0.391. The van der Waals surface area contributed by atoms with Crippen LogP contribution in [-0.2, 0) is 17.8 Å². The van der Waals surface area contributed by atoms with Gasteiger partial charge in [-0.1, -0.05) is 68.8 Å². The zero-order valence-electron chi connectivity index (χ0n) is 16.5. The van der Waals surface area contributed by atoms with Crippen molar-refractivity contribution in [1.82, 2.24) is 10.2 Å². The molecule has 2 aromatic rings. The molecule has 0 fully saturated rings. The number of fused-ring (bicyclic) bond motifs is 1. The molecule has 2 amide bonds. The van der Waals surface area contributed by atoms with E-state index in [1.165, 1.54) is 0 Å². The standard InChI is InChI=1S/C23H28N2O3/c1-3-16(2)20(15-26)24-22(27)21(13-17-9-5-4-6-10-17)25-14-18-11-7-8-12-19(18)23(25)28/h4-12,16,20-21,26H,3,13-15H2,1-2H3,(H,24,27). The summed E-state index contributed by atoms with van der Waals surface area (Å²) in [5, 5.41) is 12.7. The Morgan fingerprint density at radius 3 is 2.46 bits per heavy atom. The number of carbonyl (C=O) groups is 2. The first-order valence-electron chi connectivity index (χ1n) is 9.89. The number of amides is 2. The van der Waals surface area contributed by atoms with Gasteiger partial charge in [0.15, 0.2) is 0 Å². The fourth-order valence-corrected chi connectivity index (χ4v) is 3.64. The summed E-state index contributed by atoms with van der Waals surface area (Å²) in [6.45, 7) is 4.34. The van der Waals surface area contributed by atoms with Crippen molar-refractivity contribution in [1.29, 1.82) is 0 Å². The molecule has 148 valence electrons. The van der Waals surface area contributed by atoms with Gasteiger partial charge >= 0.3 is 0 Å². The Morgan fingerprint density at radius 2 is 1.82 bits per heavy atom. The van der Waals surface area contributed by atoms with Gasteiger partial charge in [-0.25, -0.2) is 0 Å². The summed E-state index contributed by atoms with van der Waals surface area (Å²) >= 11 is 0. The van der Waals surface area contributed by atoms with Crippen LogP contribution in [0.25, 0.3) is 0 Å². The number of hydrogen-bond donors (Lipinski definition) is 2. The molecule has 0 saturated heterocycles. The molecule has 3 rings (SSSR count). The number of nitrogens with zero attached hydrogens (tertiary/aromatic N) is 1. The van der Waals surface area contributed by atoms with E-state index in [1.807, 2.05) is 68.4 Å². The Morgan fingerprint density at radius 1 is 1.14 bits per heavy atom. The minimum Gasteiger partial charge on any atom is -0.394 e. The van der Waals surface area contributed by atoms with Crippen molar-refractivity contribution in [3.05, 3.63) is 71.3 Å². The number of hydrogen-bond acceptors (Lipinski definition) is 3. The number of carbonyl (C=O) groups excluding carboxylic acids is 2. The summed E-state index contributed by atoms with van der Waals surface area (Å²) in [6.07, 6.45) is 1.29. The first kappa shape index (κ1) is 20.1. The van der Waals surface area contributed by atoms with Gasteiger partial charge in [0.1, 0.15) is 6.04 Å². The molecule has 5 heteroatoms. The lowest BCUT2D eigenvalue weighted by molar-refractivity contribution is -0.127. The third-order valence-electron chi connectivity index (χ3n) is 5.66. The summed E-state index contributed by atoms with van der Waals surface area (Å²) in [4.78, 5) is 27.8. The van der Waals surface area contributed by atoms with Crippen LogP contribution in [0.3, 0.4) is 0 Å². The molecule has 28 heavy (non-hydrogen) atoms. The smallest absolute Gasteiger partial charge is 0.255 e. The monoisotopic (exact) mass is 380 g/mol. The van der Waals surface area contributed by atoms with Gasteiger partial charge < -0.3 is 15.3 Å². The zero-order chi connectivity index (χ0) is 20.1. The zero-order valence-corrected chi connectivity index (χ0v) is 16.5. The van der Waals surface area contributed by atoms with Gasteiger partial charge in [0, 0.05) is 18.5 Å². The molecular weight excluding hydrogens is 352 g/mol. The second kappa shape index (κ2) is 9.02. The Hall–Kier alpha value is -2.66. The molecule has 0 aromatic heterocycles. The van der Waals surface area contributed by atoms with Crippen LogP contribution in [0.1, 0.15) is 41.8 Å². The number of aliphatic hydroxyl groups is 1. The van der Waals surface area contributed by atoms with E-state index in [0.29, 0.717) is 18.5 Å². The molecule has 3 atom stereocenters. The second-order valence-electron chi connectivity index (χ2n) is 7.48. The summed E-state index contributed by atoms with van der Waals surface area (Å²) in [5.74, 6) is -0.182. The van der Waals surface area contributed by atoms with E-state index in [4.69, 9.17) is 0 Å². The Bertz CT molecular complexity index is 822. The van der Waals surface area contributed by atoms with Gasteiger partial charge in [0.25, 0.3) is 5.91 Å². The Labute approximate surface area is 166 Å². The Balaban J connectivity index is 1.85. The van der Waals surface area contributed by atoms with E-state index >= 15 is 0 Å². The molecule has 3 unspecified atom stereocenters.